The maximum atomic E-state index is 4.73. The molecule has 118 valence electrons. The van der Waals surface area contributed by atoms with Crippen LogP contribution < -0.4 is 4.90 Å². The molecule has 0 spiro atoms. The Labute approximate surface area is 138 Å². The average molecular weight is 326 g/mol. The summed E-state index contributed by atoms with van der Waals surface area (Å²) in [7, 11) is 2.10. The van der Waals surface area contributed by atoms with Crippen LogP contribution in [0.3, 0.4) is 0 Å². The number of aromatic nitrogens is 5. The van der Waals surface area contributed by atoms with E-state index in [0.29, 0.717) is 5.25 Å². The summed E-state index contributed by atoms with van der Waals surface area (Å²) in [6.45, 7) is 1.02. The summed E-state index contributed by atoms with van der Waals surface area (Å²) >= 11 is 2.06. The largest absolute Gasteiger partial charge is 0.357 e. The summed E-state index contributed by atoms with van der Waals surface area (Å²) < 4.78 is 1.80. The van der Waals surface area contributed by atoms with Crippen LogP contribution in [0.15, 0.2) is 36.7 Å². The highest BCUT2D eigenvalue weighted by Gasteiger charge is 2.19. The Bertz CT molecular complexity index is 797. The highest BCUT2D eigenvalue weighted by atomic mass is 32.2. The van der Waals surface area contributed by atoms with Crippen molar-refractivity contribution in [3.05, 3.63) is 36.7 Å². The van der Waals surface area contributed by atoms with Crippen LogP contribution in [-0.2, 0) is 0 Å². The fourth-order valence-electron chi connectivity index (χ4n) is 2.85. The first-order chi connectivity index (χ1) is 11.3. The summed E-state index contributed by atoms with van der Waals surface area (Å²) in [5.74, 6) is 2.94. The fraction of sp³-hybridized carbons (Fsp3) is 0.375. The third-order valence-electron chi connectivity index (χ3n) is 4.06. The predicted octanol–water partition coefficient (Wildman–Crippen LogP) is 2.52. The third kappa shape index (κ3) is 2.88. The summed E-state index contributed by atoms with van der Waals surface area (Å²) in [5, 5.41) is 13.9. The van der Waals surface area contributed by atoms with Gasteiger partial charge in [0.2, 0.25) is 0 Å². The minimum absolute atomic E-state index is 0.705. The van der Waals surface area contributed by atoms with E-state index in [1.807, 2.05) is 24.3 Å². The number of anilines is 1. The van der Waals surface area contributed by atoms with Gasteiger partial charge in [-0.05, 0) is 42.9 Å². The number of hydrogen-bond acceptors (Lipinski definition) is 6. The van der Waals surface area contributed by atoms with Crippen LogP contribution in [0.4, 0.5) is 5.82 Å². The predicted molar refractivity (Wildman–Crippen MR) is 92.8 cm³/mol. The molecule has 1 saturated heterocycles. The van der Waals surface area contributed by atoms with Crippen LogP contribution in [0.2, 0.25) is 0 Å². The van der Waals surface area contributed by atoms with Crippen LogP contribution in [0.1, 0.15) is 12.8 Å². The van der Waals surface area contributed by atoms with Gasteiger partial charge in [-0.25, -0.2) is 0 Å². The molecule has 1 fully saturated rings. The van der Waals surface area contributed by atoms with Crippen LogP contribution >= 0.6 is 11.8 Å². The van der Waals surface area contributed by atoms with Gasteiger partial charge in [0.05, 0.1) is 0 Å². The van der Waals surface area contributed by atoms with Gasteiger partial charge in [0, 0.05) is 36.8 Å². The van der Waals surface area contributed by atoms with Crippen molar-refractivity contribution in [1.82, 2.24) is 24.8 Å². The molecule has 6 nitrogen and oxygen atoms in total. The lowest BCUT2D eigenvalue weighted by Gasteiger charge is -2.21. The first kappa shape index (κ1) is 14.4. The lowest BCUT2D eigenvalue weighted by atomic mass is 10.2. The Balaban J connectivity index is 1.66. The average Bonchev–Trinajstić information content (AvgIpc) is 3.24. The topological polar surface area (TPSA) is 59.2 Å². The molecule has 0 N–H and O–H groups in total. The van der Waals surface area contributed by atoms with Crippen molar-refractivity contribution in [3.8, 4) is 11.4 Å². The highest BCUT2D eigenvalue weighted by molar-refractivity contribution is 8.00. The van der Waals surface area contributed by atoms with E-state index in [0.717, 1.165) is 29.4 Å². The summed E-state index contributed by atoms with van der Waals surface area (Å²) in [6, 6.07) is 7.84. The van der Waals surface area contributed by atoms with Crippen LogP contribution in [0.25, 0.3) is 17.0 Å². The molecule has 3 aromatic heterocycles. The van der Waals surface area contributed by atoms with Gasteiger partial charge in [-0.15, -0.1) is 15.3 Å². The van der Waals surface area contributed by atoms with E-state index < -0.39 is 0 Å². The van der Waals surface area contributed by atoms with Crippen molar-refractivity contribution in [2.75, 3.05) is 24.2 Å². The maximum Gasteiger partial charge on any atom is 0.187 e. The van der Waals surface area contributed by atoms with Gasteiger partial charge in [0.1, 0.15) is 5.82 Å². The van der Waals surface area contributed by atoms with Crippen molar-refractivity contribution >= 4 is 23.2 Å². The molecule has 1 aliphatic heterocycles. The highest BCUT2D eigenvalue weighted by Crippen LogP contribution is 2.27. The fourth-order valence-corrected chi connectivity index (χ4v) is 4.17. The number of rotatable bonds is 4. The first-order valence-electron chi connectivity index (χ1n) is 7.77. The smallest absolute Gasteiger partial charge is 0.187 e. The standard InChI is InChI=1S/C16H18N6S/c1-21(11-13-5-3-9-23-13)15-7-6-14-18-19-16(22(14)20-15)12-4-2-8-17-10-12/h2,4,6-8,10,13H,3,5,9,11H2,1H3. The van der Waals surface area contributed by atoms with Gasteiger partial charge >= 0.3 is 0 Å². The maximum absolute atomic E-state index is 4.73. The third-order valence-corrected chi connectivity index (χ3v) is 5.44. The number of fused-ring (bicyclic) bond motifs is 1. The molecule has 4 rings (SSSR count). The summed E-state index contributed by atoms with van der Waals surface area (Å²) in [6.07, 6.45) is 6.15. The quantitative estimate of drug-likeness (QED) is 0.734. The van der Waals surface area contributed by atoms with Gasteiger partial charge in [0.15, 0.2) is 11.5 Å². The molecular formula is C16H18N6S. The zero-order valence-electron chi connectivity index (χ0n) is 13.0. The number of nitrogens with zero attached hydrogens (tertiary/aromatic N) is 6. The van der Waals surface area contributed by atoms with E-state index in [-0.39, 0.29) is 0 Å². The Morgan fingerprint density at radius 1 is 1.30 bits per heavy atom. The minimum atomic E-state index is 0.705. The molecule has 7 heteroatoms. The molecule has 0 radical (unpaired) electrons. The molecule has 4 heterocycles. The molecular weight excluding hydrogens is 308 g/mol. The van der Waals surface area contributed by atoms with Crippen LogP contribution in [0.5, 0.6) is 0 Å². The Morgan fingerprint density at radius 3 is 3.04 bits per heavy atom. The second-order valence-corrected chi connectivity index (χ2v) is 7.15. The monoisotopic (exact) mass is 326 g/mol. The zero-order chi connectivity index (χ0) is 15.6. The molecule has 0 bridgehead atoms. The number of pyridine rings is 1. The number of thioether (sulfide) groups is 1. The second kappa shape index (κ2) is 6.16. The van der Waals surface area contributed by atoms with Gasteiger partial charge in [-0.2, -0.15) is 16.3 Å². The summed E-state index contributed by atoms with van der Waals surface area (Å²) in [5.41, 5.74) is 1.66. The summed E-state index contributed by atoms with van der Waals surface area (Å²) in [4.78, 5) is 6.37. The van der Waals surface area contributed by atoms with Crippen molar-refractivity contribution in [2.45, 2.75) is 18.1 Å². The molecule has 0 amide bonds. The van der Waals surface area contributed by atoms with E-state index in [9.17, 15) is 0 Å². The van der Waals surface area contributed by atoms with E-state index >= 15 is 0 Å². The molecule has 3 aromatic rings. The van der Waals surface area contributed by atoms with Gasteiger partial charge in [-0.1, -0.05) is 0 Å². The zero-order valence-corrected chi connectivity index (χ0v) is 13.8. The van der Waals surface area contributed by atoms with E-state index in [4.69, 9.17) is 5.10 Å². The van der Waals surface area contributed by atoms with Gasteiger partial charge < -0.3 is 4.90 Å². The molecule has 1 unspecified atom stereocenters. The van der Waals surface area contributed by atoms with Crippen LogP contribution in [-0.4, -0.2) is 49.4 Å². The molecule has 0 aromatic carbocycles. The molecule has 0 aliphatic carbocycles. The van der Waals surface area contributed by atoms with Crippen LogP contribution in [0, 0.1) is 0 Å². The van der Waals surface area contributed by atoms with Crippen molar-refractivity contribution in [1.29, 1.82) is 0 Å². The normalized spacial score (nSPS) is 17.7. The lowest BCUT2D eigenvalue weighted by molar-refractivity contribution is 0.743. The molecule has 23 heavy (non-hydrogen) atoms. The van der Waals surface area contributed by atoms with Crippen molar-refractivity contribution < 1.29 is 0 Å². The Kier molecular flexibility index (Phi) is 3.87. The molecule has 1 atom stereocenters. The lowest BCUT2D eigenvalue weighted by Crippen LogP contribution is -2.27. The van der Waals surface area contributed by atoms with E-state index in [1.165, 1.54) is 18.6 Å². The van der Waals surface area contributed by atoms with Crippen molar-refractivity contribution in [3.63, 3.8) is 0 Å². The van der Waals surface area contributed by atoms with E-state index in [1.54, 1.807) is 16.9 Å². The molecule has 1 aliphatic rings. The van der Waals surface area contributed by atoms with Gasteiger partial charge in [-0.3, -0.25) is 4.98 Å². The first-order valence-corrected chi connectivity index (χ1v) is 8.82. The number of hydrogen-bond donors (Lipinski definition) is 0. The molecule has 0 saturated carbocycles. The van der Waals surface area contributed by atoms with Crippen molar-refractivity contribution in [2.24, 2.45) is 0 Å². The van der Waals surface area contributed by atoms with E-state index in [2.05, 4.69) is 38.9 Å². The minimum Gasteiger partial charge on any atom is -0.357 e. The SMILES string of the molecule is CN(CC1CCCS1)c1ccc2nnc(-c3cccnc3)n2n1. The Hall–Kier alpha value is -2.15. The Morgan fingerprint density at radius 2 is 2.26 bits per heavy atom. The second-order valence-electron chi connectivity index (χ2n) is 5.74. The van der Waals surface area contributed by atoms with Gasteiger partial charge in [0.25, 0.3) is 0 Å².